The molecule has 0 saturated heterocycles. The van der Waals surface area contributed by atoms with Crippen molar-refractivity contribution in [3.8, 4) is 5.75 Å². The molecule has 1 aromatic heterocycles. The van der Waals surface area contributed by atoms with Gasteiger partial charge in [-0.2, -0.15) is 0 Å². The van der Waals surface area contributed by atoms with Crippen molar-refractivity contribution in [2.45, 2.75) is 31.8 Å². The average Bonchev–Trinajstić information content (AvgIpc) is 2.99. The highest BCUT2D eigenvalue weighted by Crippen LogP contribution is 2.25. The molecule has 0 bridgehead atoms. The second-order valence-electron chi connectivity index (χ2n) is 6.16. The highest BCUT2D eigenvalue weighted by Gasteiger charge is 2.10. The van der Waals surface area contributed by atoms with E-state index in [-0.39, 0.29) is 5.91 Å². The fourth-order valence-corrected chi connectivity index (χ4v) is 3.25. The van der Waals surface area contributed by atoms with Gasteiger partial charge in [-0.15, -0.1) is 11.8 Å². The van der Waals surface area contributed by atoms with Gasteiger partial charge >= 0.3 is 0 Å². The number of carbonyl (C=O) groups is 1. The number of amides is 1. The first-order valence-corrected chi connectivity index (χ1v) is 9.85. The molecule has 0 radical (unpaired) electrons. The van der Waals surface area contributed by atoms with Crippen LogP contribution in [0.15, 0.2) is 57.9 Å². The number of hydrogen-bond acceptors (Lipinski definition) is 5. The van der Waals surface area contributed by atoms with Crippen LogP contribution in [0.1, 0.15) is 22.6 Å². The Balaban J connectivity index is 1.56. The first-order chi connectivity index (χ1) is 13.1. The van der Waals surface area contributed by atoms with E-state index in [1.807, 2.05) is 68.6 Å². The standard InChI is InChI=1S/C21H22N2O3S/c1-14-18(15(2)26-23-14)13-25-17-10-8-16(9-11-17)12-21(24)22-19-6-4-5-7-20(19)27-3/h4-11H,12-13H2,1-3H3,(H,22,24). The molecular formula is C21H22N2O3S. The summed E-state index contributed by atoms with van der Waals surface area (Å²) >= 11 is 1.61. The van der Waals surface area contributed by atoms with Crippen LogP contribution in [-0.2, 0) is 17.8 Å². The minimum absolute atomic E-state index is 0.0408. The number of benzene rings is 2. The summed E-state index contributed by atoms with van der Waals surface area (Å²) in [6.07, 6.45) is 2.30. The average molecular weight is 382 g/mol. The summed E-state index contributed by atoms with van der Waals surface area (Å²) < 4.78 is 10.9. The maximum absolute atomic E-state index is 12.3. The van der Waals surface area contributed by atoms with Gasteiger partial charge in [-0.05, 0) is 49.9 Å². The number of thioether (sulfide) groups is 1. The van der Waals surface area contributed by atoms with Gasteiger partial charge in [0.25, 0.3) is 0 Å². The maximum atomic E-state index is 12.3. The minimum Gasteiger partial charge on any atom is -0.489 e. The van der Waals surface area contributed by atoms with Crippen LogP contribution in [0.3, 0.4) is 0 Å². The van der Waals surface area contributed by atoms with E-state index in [4.69, 9.17) is 9.26 Å². The number of anilines is 1. The number of aryl methyl sites for hydroxylation is 2. The molecule has 0 aliphatic rings. The van der Waals surface area contributed by atoms with Crippen molar-refractivity contribution in [3.05, 3.63) is 71.1 Å². The van der Waals surface area contributed by atoms with E-state index in [1.54, 1.807) is 11.8 Å². The van der Waals surface area contributed by atoms with Gasteiger partial charge in [0, 0.05) is 4.90 Å². The van der Waals surface area contributed by atoms with Crippen molar-refractivity contribution in [1.82, 2.24) is 5.16 Å². The van der Waals surface area contributed by atoms with Gasteiger partial charge in [0.15, 0.2) is 0 Å². The molecule has 2 aromatic carbocycles. The van der Waals surface area contributed by atoms with Crippen LogP contribution in [-0.4, -0.2) is 17.3 Å². The summed E-state index contributed by atoms with van der Waals surface area (Å²) in [5.74, 6) is 1.47. The molecule has 1 amide bonds. The molecule has 0 fully saturated rings. The number of ether oxygens (including phenoxy) is 1. The number of carbonyl (C=O) groups excluding carboxylic acids is 1. The zero-order chi connectivity index (χ0) is 19.2. The smallest absolute Gasteiger partial charge is 0.228 e. The Labute approximate surface area is 163 Å². The number of nitrogens with zero attached hydrogens (tertiary/aromatic N) is 1. The number of nitrogens with one attached hydrogen (secondary N) is 1. The van der Waals surface area contributed by atoms with Crippen LogP contribution < -0.4 is 10.1 Å². The van der Waals surface area contributed by atoms with Crippen molar-refractivity contribution < 1.29 is 14.1 Å². The van der Waals surface area contributed by atoms with Crippen molar-refractivity contribution in [1.29, 1.82) is 0 Å². The van der Waals surface area contributed by atoms with Crippen LogP contribution >= 0.6 is 11.8 Å². The molecule has 1 heterocycles. The lowest BCUT2D eigenvalue weighted by atomic mass is 10.1. The van der Waals surface area contributed by atoms with Gasteiger partial charge in [-0.25, -0.2) is 0 Å². The van der Waals surface area contributed by atoms with Crippen LogP contribution in [0, 0.1) is 13.8 Å². The molecule has 3 aromatic rings. The Morgan fingerprint density at radius 1 is 1.15 bits per heavy atom. The molecule has 140 valence electrons. The third-order valence-corrected chi connectivity index (χ3v) is 5.03. The van der Waals surface area contributed by atoms with E-state index in [0.29, 0.717) is 13.0 Å². The quantitative estimate of drug-likeness (QED) is 0.596. The van der Waals surface area contributed by atoms with Gasteiger partial charge < -0.3 is 14.6 Å². The molecule has 1 N–H and O–H groups in total. The van der Waals surface area contributed by atoms with E-state index >= 15 is 0 Å². The molecular weight excluding hydrogens is 360 g/mol. The molecule has 27 heavy (non-hydrogen) atoms. The van der Waals surface area contributed by atoms with E-state index in [1.165, 1.54) is 0 Å². The zero-order valence-electron chi connectivity index (χ0n) is 15.6. The second-order valence-corrected chi connectivity index (χ2v) is 7.01. The Hall–Kier alpha value is -2.73. The summed E-state index contributed by atoms with van der Waals surface area (Å²) in [4.78, 5) is 13.4. The van der Waals surface area contributed by atoms with Gasteiger partial charge in [-0.3, -0.25) is 4.79 Å². The summed E-state index contributed by atoms with van der Waals surface area (Å²) in [6, 6.07) is 15.3. The minimum atomic E-state index is -0.0408. The highest BCUT2D eigenvalue weighted by atomic mass is 32.2. The first-order valence-electron chi connectivity index (χ1n) is 8.63. The molecule has 0 aliphatic carbocycles. The normalized spacial score (nSPS) is 10.6. The highest BCUT2D eigenvalue weighted by molar-refractivity contribution is 7.98. The molecule has 0 unspecified atom stereocenters. The van der Waals surface area contributed by atoms with E-state index in [0.717, 1.165) is 38.9 Å². The molecule has 3 rings (SSSR count). The molecule has 5 nitrogen and oxygen atoms in total. The number of para-hydroxylation sites is 1. The topological polar surface area (TPSA) is 64.4 Å². The fraction of sp³-hybridized carbons (Fsp3) is 0.238. The second kappa shape index (κ2) is 8.77. The van der Waals surface area contributed by atoms with Crippen LogP contribution in [0.2, 0.25) is 0 Å². The molecule has 0 aliphatic heterocycles. The predicted molar refractivity (Wildman–Crippen MR) is 107 cm³/mol. The van der Waals surface area contributed by atoms with Gasteiger partial charge in [0.1, 0.15) is 18.1 Å². The molecule has 0 saturated carbocycles. The van der Waals surface area contributed by atoms with Crippen molar-refractivity contribution in [3.63, 3.8) is 0 Å². The number of rotatable bonds is 7. The lowest BCUT2D eigenvalue weighted by Crippen LogP contribution is -2.14. The number of aromatic nitrogens is 1. The maximum Gasteiger partial charge on any atom is 0.228 e. The third-order valence-electron chi connectivity index (χ3n) is 4.23. The SMILES string of the molecule is CSc1ccccc1NC(=O)Cc1ccc(OCc2c(C)noc2C)cc1. The molecule has 6 heteroatoms. The van der Waals surface area contributed by atoms with Crippen LogP contribution in [0.25, 0.3) is 0 Å². The third kappa shape index (κ3) is 4.92. The lowest BCUT2D eigenvalue weighted by Gasteiger charge is -2.10. The number of hydrogen-bond donors (Lipinski definition) is 1. The summed E-state index contributed by atoms with van der Waals surface area (Å²) in [5.41, 5.74) is 3.57. The largest absolute Gasteiger partial charge is 0.489 e. The molecule has 0 spiro atoms. The predicted octanol–water partition coefficient (Wildman–Crippen LogP) is 4.77. The Morgan fingerprint density at radius 2 is 1.89 bits per heavy atom. The lowest BCUT2D eigenvalue weighted by molar-refractivity contribution is -0.115. The van der Waals surface area contributed by atoms with Crippen molar-refractivity contribution >= 4 is 23.4 Å². The van der Waals surface area contributed by atoms with Gasteiger partial charge in [0.05, 0.1) is 23.4 Å². The van der Waals surface area contributed by atoms with Gasteiger partial charge in [0.2, 0.25) is 5.91 Å². The van der Waals surface area contributed by atoms with Crippen LogP contribution in [0.5, 0.6) is 5.75 Å². The Kier molecular flexibility index (Phi) is 6.19. The monoisotopic (exact) mass is 382 g/mol. The molecule has 0 atom stereocenters. The summed E-state index contributed by atoms with van der Waals surface area (Å²) in [7, 11) is 0. The van der Waals surface area contributed by atoms with Crippen molar-refractivity contribution in [2.24, 2.45) is 0 Å². The van der Waals surface area contributed by atoms with E-state index < -0.39 is 0 Å². The summed E-state index contributed by atoms with van der Waals surface area (Å²) in [6.45, 7) is 4.17. The van der Waals surface area contributed by atoms with Crippen molar-refractivity contribution in [2.75, 3.05) is 11.6 Å². The van der Waals surface area contributed by atoms with Gasteiger partial charge in [-0.1, -0.05) is 29.4 Å². The Morgan fingerprint density at radius 3 is 2.56 bits per heavy atom. The fourth-order valence-electron chi connectivity index (χ4n) is 2.69. The van der Waals surface area contributed by atoms with Crippen LogP contribution in [0.4, 0.5) is 5.69 Å². The van der Waals surface area contributed by atoms with E-state index in [9.17, 15) is 4.79 Å². The van der Waals surface area contributed by atoms with E-state index in [2.05, 4.69) is 10.5 Å². The zero-order valence-corrected chi connectivity index (χ0v) is 16.4. The Bertz CT molecular complexity index is 900. The first kappa shape index (κ1) is 19.0. The summed E-state index contributed by atoms with van der Waals surface area (Å²) in [5, 5.41) is 6.89.